The summed E-state index contributed by atoms with van der Waals surface area (Å²) in [6, 6.07) is 14.3. The molecule has 2 nitrogen and oxygen atoms in total. The number of hydrogen-bond donors (Lipinski definition) is 0. The predicted octanol–water partition coefficient (Wildman–Crippen LogP) is 3.21. The van der Waals surface area contributed by atoms with Crippen LogP contribution in [0.25, 0.3) is 0 Å². The number of likely N-dealkylation sites (N-methyl/N-ethyl adjacent to an activating group) is 1. The molecular weight excluding hydrogens is 265 g/mol. The van der Waals surface area contributed by atoms with Crippen molar-refractivity contribution in [1.29, 1.82) is 0 Å². The number of rotatable bonds is 3. The van der Waals surface area contributed by atoms with E-state index in [-0.39, 0.29) is 11.6 Å². The topological polar surface area (TPSA) is 17.1 Å². The van der Waals surface area contributed by atoms with Gasteiger partial charge in [-0.05, 0) is 29.8 Å². The van der Waals surface area contributed by atoms with E-state index >= 15 is 0 Å². The molecule has 3 rings (SSSR count). The molecule has 0 fully saturated rings. The summed E-state index contributed by atoms with van der Waals surface area (Å²) in [7, 11) is 2.12. The Kier molecular flexibility index (Phi) is 3.60. The first-order chi connectivity index (χ1) is 10.1. The van der Waals surface area contributed by atoms with Gasteiger partial charge in [-0.25, -0.2) is 4.39 Å². The molecule has 0 aliphatic carbocycles. The molecule has 1 atom stereocenters. The Morgan fingerprint density at radius 3 is 2.48 bits per heavy atom. The molecule has 0 bridgehead atoms. The molecule has 2 aromatic rings. The zero-order valence-corrected chi connectivity index (χ0v) is 12.2. The number of ketones is 1. The number of fused-ring (bicyclic) bond motifs is 1. The smallest absolute Gasteiger partial charge is 0.216 e. The first kappa shape index (κ1) is 14.0. The zero-order chi connectivity index (χ0) is 14.9. The van der Waals surface area contributed by atoms with Crippen LogP contribution in [0.3, 0.4) is 0 Å². The van der Waals surface area contributed by atoms with Gasteiger partial charge in [-0.2, -0.15) is 0 Å². The van der Waals surface area contributed by atoms with Gasteiger partial charge in [0.1, 0.15) is 18.9 Å². The molecule has 108 valence electrons. The van der Waals surface area contributed by atoms with Crippen molar-refractivity contribution in [3.63, 3.8) is 0 Å². The molecule has 0 spiro atoms. The molecule has 21 heavy (non-hydrogen) atoms. The Balaban J connectivity index is 1.75. The lowest BCUT2D eigenvalue weighted by molar-refractivity contribution is -0.916. The Morgan fingerprint density at radius 2 is 1.76 bits per heavy atom. The van der Waals surface area contributed by atoms with Crippen molar-refractivity contribution >= 4 is 5.78 Å². The predicted molar refractivity (Wildman–Crippen MR) is 80.5 cm³/mol. The summed E-state index contributed by atoms with van der Waals surface area (Å²) in [5.74, 6) is -0.226. The molecule has 3 heteroatoms. The van der Waals surface area contributed by atoms with Gasteiger partial charge in [-0.3, -0.25) is 4.79 Å². The minimum Gasteiger partial charge on any atom is -0.316 e. The lowest BCUT2D eigenvalue weighted by Gasteiger charge is -2.38. The molecule has 0 saturated carbocycles. The average molecular weight is 284 g/mol. The highest BCUT2D eigenvalue weighted by Gasteiger charge is 2.30. The highest BCUT2D eigenvalue weighted by atomic mass is 19.1. The quantitative estimate of drug-likeness (QED) is 0.625. The Morgan fingerprint density at radius 1 is 1.10 bits per heavy atom. The van der Waals surface area contributed by atoms with E-state index in [1.165, 1.54) is 23.3 Å². The van der Waals surface area contributed by atoms with Gasteiger partial charge in [0.05, 0.1) is 13.6 Å². The molecule has 1 aliphatic heterocycles. The third-order valence-corrected chi connectivity index (χ3v) is 4.28. The first-order valence-electron chi connectivity index (χ1n) is 7.25. The lowest BCUT2D eigenvalue weighted by atomic mass is 9.97. The van der Waals surface area contributed by atoms with Gasteiger partial charge < -0.3 is 4.48 Å². The van der Waals surface area contributed by atoms with Crippen LogP contribution >= 0.6 is 0 Å². The van der Waals surface area contributed by atoms with Crippen molar-refractivity contribution in [2.45, 2.75) is 13.0 Å². The second-order valence-electron chi connectivity index (χ2n) is 6.11. The monoisotopic (exact) mass is 284 g/mol. The van der Waals surface area contributed by atoms with Gasteiger partial charge in [-0.1, -0.05) is 24.3 Å². The minimum absolute atomic E-state index is 0.0804. The number of benzene rings is 2. The number of quaternary nitrogens is 1. The molecule has 1 heterocycles. The van der Waals surface area contributed by atoms with Crippen molar-refractivity contribution < 1.29 is 13.7 Å². The third kappa shape index (κ3) is 3.03. The Labute approximate surface area is 124 Å². The molecule has 0 radical (unpaired) electrons. The zero-order valence-electron chi connectivity index (χ0n) is 12.2. The first-order valence-corrected chi connectivity index (χ1v) is 7.25. The van der Waals surface area contributed by atoms with E-state index in [2.05, 4.69) is 31.3 Å². The Bertz CT molecular complexity index is 665. The van der Waals surface area contributed by atoms with Crippen LogP contribution in [0.5, 0.6) is 0 Å². The van der Waals surface area contributed by atoms with E-state index in [1.54, 1.807) is 12.1 Å². The molecular formula is C18H19FNO+. The molecule has 0 amide bonds. The van der Waals surface area contributed by atoms with Gasteiger partial charge in [-0.15, -0.1) is 0 Å². The van der Waals surface area contributed by atoms with Gasteiger partial charge in [0.25, 0.3) is 0 Å². The second-order valence-corrected chi connectivity index (χ2v) is 6.11. The fourth-order valence-corrected chi connectivity index (χ4v) is 3.05. The van der Waals surface area contributed by atoms with Crippen LogP contribution in [0.4, 0.5) is 4.39 Å². The maximum Gasteiger partial charge on any atom is 0.216 e. The minimum atomic E-state index is -0.307. The van der Waals surface area contributed by atoms with E-state index in [0.717, 1.165) is 19.5 Å². The third-order valence-electron chi connectivity index (χ3n) is 4.28. The van der Waals surface area contributed by atoms with Crippen LogP contribution in [0.2, 0.25) is 0 Å². The normalized spacial score (nSPS) is 20.9. The van der Waals surface area contributed by atoms with Crippen molar-refractivity contribution in [2.75, 3.05) is 20.1 Å². The highest BCUT2D eigenvalue weighted by Crippen LogP contribution is 2.23. The van der Waals surface area contributed by atoms with Crippen LogP contribution in [0, 0.1) is 5.82 Å². The fourth-order valence-electron chi connectivity index (χ4n) is 3.05. The summed E-state index contributed by atoms with van der Waals surface area (Å²) in [6.45, 7) is 2.30. The van der Waals surface area contributed by atoms with Crippen molar-refractivity contribution in [2.24, 2.45) is 0 Å². The summed E-state index contributed by atoms with van der Waals surface area (Å²) in [4.78, 5) is 12.4. The second kappa shape index (κ2) is 5.41. The van der Waals surface area contributed by atoms with Crippen LogP contribution in [0.15, 0.2) is 48.5 Å². The number of nitrogens with zero attached hydrogens (tertiary/aromatic N) is 1. The van der Waals surface area contributed by atoms with Crippen molar-refractivity contribution in [3.05, 3.63) is 71.0 Å². The number of Topliss-reactive ketones (excluding diaryl/α,β-unsaturated/α-hetero) is 1. The fraction of sp³-hybridized carbons (Fsp3) is 0.278. The largest absolute Gasteiger partial charge is 0.316 e. The van der Waals surface area contributed by atoms with Crippen LogP contribution in [-0.4, -0.2) is 30.4 Å². The van der Waals surface area contributed by atoms with E-state index in [1.807, 2.05) is 0 Å². The van der Waals surface area contributed by atoms with Crippen LogP contribution in [-0.2, 0) is 13.0 Å². The molecule has 0 aromatic heterocycles. The summed E-state index contributed by atoms with van der Waals surface area (Å²) >= 11 is 0. The Hall–Kier alpha value is -2.00. The van der Waals surface area contributed by atoms with Gasteiger partial charge >= 0.3 is 0 Å². The van der Waals surface area contributed by atoms with E-state index < -0.39 is 0 Å². The summed E-state index contributed by atoms with van der Waals surface area (Å²) in [6.07, 6.45) is 1.00. The molecule has 0 unspecified atom stereocenters. The summed E-state index contributed by atoms with van der Waals surface area (Å²) in [5, 5.41) is 0. The van der Waals surface area contributed by atoms with Crippen molar-refractivity contribution in [3.8, 4) is 0 Å². The number of hydrogen-bond acceptors (Lipinski definition) is 1. The number of halogens is 1. The summed E-state index contributed by atoms with van der Waals surface area (Å²) < 4.78 is 13.6. The summed E-state index contributed by atoms with van der Waals surface area (Å²) in [5.41, 5.74) is 3.31. The van der Waals surface area contributed by atoms with E-state index in [0.29, 0.717) is 16.6 Å². The maximum atomic E-state index is 12.9. The molecule has 0 N–H and O–H groups in total. The standard InChI is InChI=1S/C18H19FNO/c1-20(11-10-14-4-2-3-5-16(14)12-20)13-18(21)15-6-8-17(19)9-7-15/h2-9H,10-13H2,1H3/q+1/t20-/m0/s1. The van der Waals surface area contributed by atoms with E-state index in [9.17, 15) is 9.18 Å². The number of carbonyl (C=O) groups is 1. The molecule has 2 aromatic carbocycles. The van der Waals surface area contributed by atoms with Crippen molar-refractivity contribution in [1.82, 2.24) is 0 Å². The highest BCUT2D eigenvalue weighted by molar-refractivity contribution is 5.96. The van der Waals surface area contributed by atoms with Gasteiger partial charge in [0.2, 0.25) is 5.78 Å². The van der Waals surface area contributed by atoms with Gasteiger partial charge in [0.15, 0.2) is 0 Å². The lowest BCUT2D eigenvalue weighted by Crippen LogP contribution is -2.50. The molecule has 0 saturated heterocycles. The van der Waals surface area contributed by atoms with Crippen LogP contribution in [0.1, 0.15) is 21.5 Å². The SMILES string of the molecule is C[N@+]1(CC(=O)c2ccc(F)cc2)CCc2ccccc2C1. The van der Waals surface area contributed by atoms with E-state index in [4.69, 9.17) is 0 Å². The maximum absolute atomic E-state index is 12.9. The van der Waals surface area contributed by atoms with Crippen LogP contribution < -0.4 is 0 Å². The number of carbonyl (C=O) groups excluding carboxylic acids is 1. The molecule has 1 aliphatic rings. The van der Waals surface area contributed by atoms with Gasteiger partial charge in [0, 0.05) is 17.5 Å². The average Bonchev–Trinajstić information content (AvgIpc) is 2.47.